The fourth-order valence-corrected chi connectivity index (χ4v) is 0.871. The van der Waals surface area contributed by atoms with Gasteiger partial charge in [-0.2, -0.15) is 0 Å². The molecule has 1 aromatic rings. The molecule has 1 atom stereocenters. The molecule has 3 nitrogen and oxygen atoms in total. The molecular formula is C10H9BNNaO2. The molecule has 0 saturated heterocycles. The first kappa shape index (κ1) is 14.4. The quantitative estimate of drug-likeness (QED) is 0.435. The molecule has 2 radical (unpaired) electrons. The number of rotatable bonds is 3. The van der Waals surface area contributed by atoms with Gasteiger partial charge in [-0.3, -0.25) is 5.26 Å². The van der Waals surface area contributed by atoms with Gasteiger partial charge in [0.25, 0.3) is 0 Å². The molecule has 5 heteroatoms. The van der Waals surface area contributed by atoms with Gasteiger partial charge in [0.2, 0.25) is 0 Å². The Labute approximate surface area is 112 Å². The Morgan fingerprint density at radius 3 is 3.00 bits per heavy atom. The Bertz CT molecular complexity index is 361. The van der Waals surface area contributed by atoms with Crippen LogP contribution in [-0.2, 0) is 4.74 Å². The van der Waals surface area contributed by atoms with E-state index in [0.717, 1.165) is 0 Å². The number of ether oxygens (including phenoxy) is 1. The third kappa shape index (κ3) is 5.72. The van der Waals surface area contributed by atoms with Crippen LogP contribution >= 0.6 is 0 Å². The van der Waals surface area contributed by atoms with Gasteiger partial charge in [0.15, 0.2) is 5.76 Å². The van der Waals surface area contributed by atoms with Crippen LogP contribution in [0.15, 0.2) is 22.8 Å². The summed E-state index contributed by atoms with van der Waals surface area (Å²) in [5.41, 5.74) is 0. The van der Waals surface area contributed by atoms with E-state index >= 15 is 0 Å². The second kappa shape index (κ2) is 8.65. The van der Waals surface area contributed by atoms with Gasteiger partial charge in [0.1, 0.15) is 0 Å². The second-order valence-electron chi connectivity index (χ2n) is 2.42. The maximum Gasteiger partial charge on any atom is 1.00 e. The number of hydrogen-bond donors (Lipinski definition) is 0. The molecule has 0 bridgehead atoms. The van der Waals surface area contributed by atoms with Crippen LogP contribution in [0, 0.1) is 23.1 Å². The molecule has 0 aliphatic heterocycles. The minimum absolute atomic E-state index is 0. The van der Waals surface area contributed by atoms with Crippen molar-refractivity contribution in [3.05, 3.63) is 24.2 Å². The van der Waals surface area contributed by atoms with Crippen LogP contribution in [0.4, 0.5) is 0 Å². The Kier molecular flexibility index (Phi) is 8.27. The SMILES string of the molecule is CCOC([B-]C#N)C#Cc1ccco1.[Na+]. The third-order valence-electron chi connectivity index (χ3n) is 1.43. The molecule has 0 aliphatic rings. The molecule has 0 N–H and O–H groups in total. The van der Waals surface area contributed by atoms with Gasteiger partial charge >= 0.3 is 29.6 Å². The molecule has 0 fully saturated rings. The first-order valence-corrected chi connectivity index (χ1v) is 4.26. The molecule has 70 valence electrons. The molecule has 0 spiro atoms. The van der Waals surface area contributed by atoms with Crippen LogP contribution in [-0.4, -0.2) is 19.9 Å². The van der Waals surface area contributed by atoms with Crippen LogP contribution in [0.3, 0.4) is 0 Å². The van der Waals surface area contributed by atoms with Gasteiger partial charge < -0.3 is 9.15 Å². The molecule has 1 rings (SSSR count). The zero-order chi connectivity index (χ0) is 10.2. The summed E-state index contributed by atoms with van der Waals surface area (Å²) in [5.74, 6) is 8.02. The van der Waals surface area contributed by atoms with Crippen molar-refractivity contribution in [2.45, 2.75) is 12.9 Å². The zero-order valence-corrected chi connectivity index (χ0v) is 10.9. The smallest absolute Gasteiger partial charge is 0.456 e. The van der Waals surface area contributed by atoms with Crippen LogP contribution in [0.2, 0.25) is 0 Å². The van der Waals surface area contributed by atoms with Gasteiger partial charge in [-0.1, -0.05) is 6.00 Å². The van der Waals surface area contributed by atoms with E-state index in [9.17, 15) is 0 Å². The maximum absolute atomic E-state index is 8.44. The van der Waals surface area contributed by atoms with Crippen molar-refractivity contribution in [3.8, 4) is 17.8 Å². The van der Waals surface area contributed by atoms with E-state index in [4.69, 9.17) is 14.4 Å². The number of furan rings is 1. The number of nitrogens with zero attached hydrogens (tertiary/aromatic N) is 1. The predicted octanol–water partition coefficient (Wildman–Crippen LogP) is -1.82. The maximum atomic E-state index is 8.44. The average Bonchev–Trinajstić information content (AvgIpc) is 2.67. The van der Waals surface area contributed by atoms with Crippen molar-refractivity contribution in [2.24, 2.45) is 0 Å². The Balaban J connectivity index is 0.00000196. The molecule has 0 aliphatic carbocycles. The minimum atomic E-state index is -0.449. The number of nitriles is 1. The first-order valence-electron chi connectivity index (χ1n) is 4.26. The normalized spacial score (nSPS) is 10.4. The van der Waals surface area contributed by atoms with Crippen molar-refractivity contribution in [1.29, 1.82) is 5.26 Å². The molecule has 1 unspecified atom stereocenters. The first-order chi connectivity index (χ1) is 6.86. The summed E-state index contributed by atoms with van der Waals surface area (Å²) in [6, 6.07) is 3.06. The van der Waals surface area contributed by atoms with E-state index in [0.29, 0.717) is 12.4 Å². The number of hydrogen-bond acceptors (Lipinski definition) is 3. The zero-order valence-electron chi connectivity index (χ0n) is 8.86. The largest absolute Gasteiger partial charge is 1.00 e. The van der Waals surface area contributed by atoms with E-state index in [1.54, 1.807) is 18.4 Å². The Morgan fingerprint density at radius 2 is 2.47 bits per heavy atom. The van der Waals surface area contributed by atoms with E-state index < -0.39 is 6.00 Å². The summed E-state index contributed by atoms with van der Waals surface area (Å²) in [7, 11) is 1.35. The van der Waals surface area contributed by atoms with Crippen LogP contribution < -0.4 is 29.6 Å². The van der Waals surface area contributed by atoms with Crippen LogP contribution in [0.25, 0.3) is 0 Å². The van der Waals surface area contributed by atoms with Crippen molar-refractivity contribution in [1.82, 2.24) is 0 Å². The van der Waals surface area contributed by atoms with E-state index in [1.807, 2.05) is 12.9 Å². The van der Waals surface area contributed by atoms with Gasteiger partial charge in [-0.15, -0.1) is 13.2 Å². The molecule has 0 aromatic carbocycles. The molecule has 0 saturated carbocycles. The average molecular weight is 209 g/mol. The monoisotopic (exact) mass is 209 g/mol. The third-order valence-corrected chi connectivity index (χ3v) is 1.43. The summed E-state index contributed by atoms with van der Waals surface area (Å²) >= 11 is 0. The van der Waals surface area contributed by atoms with Gasteiger partial charge in [-0.25, -0.2) is 5.97 Å². The standard InChI is InChI=1S/C10H9BNO2.Na/c1-2-13-10(11-8-12)6-5-9-4-3-7-14-9;/h3-4,7,10H,2H2,1H3;/q-1;+1. The summed E-state index contributed by atoms with van der Waals surface area (Å²) in [4.78, 5) is 0. The molecular weight excluding hydrogens is 200 g/mol. The minimum Gasteiger partial charge on any atom is -0.456 e. The summed E-state index contributed by atoms with van der Waals surface area (Å²) < 4.78 is 10.2. The topological polar surface area (TPSA) is 46.2 Å². The summed E-state index contributed by atoms with van der Waals surface area (Å²) in [6.07, 6.45) is 1.55. The fraction of sp³-hybridized carbons (Fsp3) is 0.300. The van der Waals surface area contributed by atoms with Gasteiger partial charge in [0.05, 0.1) is 6.26 Å². The molecule has 1 heterocycles. The van der Waals surface area contributed by atoms with Gasteiger partial charge in [0, 0.05) is 6.61 Å². The van der Waals surface area contributed by atoms with Gasteiger partial charge in [-0.05, 0) is 25.0 Å². The van der Waals surface area contributed by atoms with E-state index in [1.165, 1.54) is 7.28 Å². The molecule has 1 aromatic heterocycles. The fourth-order valence-electron chi connectivity index (χ4n) is 0.871. The van der Waals surface area contributed by atoms with Crippen molar-refractivity contribution >= 4 is 7.28 Å². The molecule has 0 amide bonds. The summed E-state index contributed by atoms with van der Waals surface area (Å²) in [6.45, 7) is 2.38. The Hall–Kier alpha value is -0.645. The van der Waals surface area contributed by atoms with E-state index in [2.05, 4.69) is 11.8 Å². The second-order valence-corrected chi connectivity index (χ2v) is 2.42. The van der Waals surface area contributed by atoms with Crippen LogP contribution in [0.5, 0.6) is 0 Å². The van der Waals surface area contributed by atoms with Crippen molar-refractivity contribution in [2.75, 3.05) is 6.61 Å². The summed E-state index contributed by atoms with van der Waals surface area (Å²) in [5, 5.41) is 8.44. The van der Waals surface area contributed by atoms with Crippen molar-refractivity contribution < 1.29 is 38.7 Å². The predicted molar refractivity (Wildman–Crippen MR) is 52.4 cm³/mol. The van der Waals surface area contributed by atoms with Crippen LogP contribution in [0.1, 0.15) is 12.7 Å². The molecule has 15 heavy (non-hydrogen) atoms. The Morgan fingerprint density at radius 1 is 1.67 bits per heavy atom. The van der Waals surface area contributed by atoms with Crippen molar-refractivity contribution in [3.63, 3.8) is 0 Å². The van der Waals surface area contributed by atoms with E-state index in [-0.39, 0.29) is 29.6 Å².